The van der Waals surface area contributed by atoms with Gasteiger partial charge < -0.3 is 10.6 Å². The Labute approximate surface area is 79.8 Å². The molecule has 9 heteroatoms. The summed E-state index contributed by atoms with van der Waals surface area (Å²) < 4.78 is 72.4. The molecule has 3 nitrogen and oxygen atoms in total. The van der Waals surface area contributed by atoms with Crippen LogP contribution in [0.2, 0.25) is 0 Å². The fourth-order valence-electron chi connectivity index (χ4n) is 1.14. The molecule has 1 aliphatic rings. The van der Waals surface area contributed by atoms with Crippen molar-refractivity contribution in [1.29, 1.82) is 0 Å². The van der Waals surface area contributed by atoms with Crippen LogP contribution in [0.4, 0.5) is 31.1 Å². The Morgan fingerprint density at radius 3 is 1.53 bits per heavy atom. The fourth-order valence-corrected chi connectivity index (χ4v) is 1.14. The molecular weight excluding hydrogens is 230 g/mol. The molecule has 1 rings (SSSR count). The quantitative estimate of drug-likeness (QED) is 0.615. The van der Waals surface area contributed by atoms with Gasteiger partial charge in [-0.25, -0.2) is 4.79 Å². The molecule has 0 spiro atoms. The van der Waals surface area contributed by atoms with Gasteiger partial charge in [0.1, 0.15) is 12.1 Å². The maximum atomic E-state index is 12.1. The monoisotopic (exact) mass is 236 g/mol. The third-order valence-electron chi connectivity index (χ3n) is 1.87. The summed E-state index contributed by atoms with van der Waals surface area (Å²) in [5.41, 5.74) is 0. The SMILES string of the molecule is O=C1NC(C(F)(F)F)CC(C(F)(F)F)N1. The van der Waals surface area contributed by atoms with Crippen molar-refractivity contribution in [2.45, 2.75) is 30.9 Å². The van der Waals surface area contributed by atoms with E-state index < -0.39 is 36.9 Å². The van der Waals surface area contributed by atoms with Gasteiger partial charge in [-0.05, 0) is 0 Å². The van der Waals surface area contributed by atoms with Crippen LogP contribution in [0, 0.1) is 0 Å². The zero-order chi connectivity index (χ0) is 11.9. The third-order valence-corrected chi connectivity index (χ3v) is 1.87. The van der Waals surface area contributed by atoms with E-state index in [1.54, 1.807) is 0 Å². The average molecular weight is 236 g/mol. The lowest BCUT2D eigenvalue weighted by atomic mass is 10.0. The molecule has 2 amide bonds. The molecule has 0 aromatic heterocycles. The lowest BCUT2D eigenvalue weighted by Gasteiger charge is -2.33. The minimum absolute atomic E-state index is 1.25. The van der Waals surface area contributed by atoms with E-state index in [9.17, 15) is 31.1 Å². The van der Waals surface area contributed by atoms with Crippen LogP contribution in [-0.4, -0.2) is 30.5 Å². The second-order valence-corrected chi connectivity index (χ2v) is 3.04. The van der Waals surface area contributed by atoms with Crippen LogP contribution >= 0.6 is 0 Å². The number of rotatable bonds is 0. The number of carbonyl (C=O) groups is 1. The number of hydrogen-bond donors (Lipinski definition) is 2. The first-order valence-electron chi connectivity index (χ1n) is 3.81. The van der Waals surface area contributed by atoms with Gasteiger partial charge in [-0.15, -0.1) is 0 Å². The molecule has 0 aromatic rings. The second-order valence-electron chi connectivity index (χ2n) is 3.04. The summed E-state index contributed by atoms with van der Waals surface area (Å²) in [5.74, 6) is 0. The molecule has 2 unspecified atom stereocenters. The van der Waals surface area contributed by atoms with Crippen molar-refractivity contribution >= 4 is 6.03 Å². The predicted octanol–water partition coefficient (Wildman–Crippen LogP) is 1.55. The van der Waals surface area contributed by atoms with Crippen molar-refractivity contribution in [2.24, 2.45) is 0 Å². The smallest absolute Gasteiger partial charge is 0.326 e. The summed E-state index contributed by atoms with van der Waals surface area (Å²) in [4.78, 5) is 10.6. The lowest BCUT2D eigenvalue weighted by molar-refractivity contribution is -0.187. The molecule has 1 fully saturated rings. The summed E-state index contributed by atoms with van der Waals surface area (Å²) >= 11 is 0. The highest BCUT2D eigenvalue weighted by atomic mass is 19.4. The van der Waals surface area contributed by atoms with Crippen molar-refractivity contribution in [1.82, 2.24) is 10.6 Å². The number of urea groups is 1. The van der Waals surface area contributed by atoms with Gasteiger partial charge in [-0.3, -0.25) is 0 Å². The molecular formula is C6H6F6N2O. The van der Waals surface area contributed by atoms with Crippen LogP contribution in [-0.2, 0) is 0 Å². The van der Waals surface area contributed by atoms with E-state index in [1.165, 1.54) is 10.6 Å². The van der Waals surface area contributed by atoms with Gasteiger partial charge in [0.05, 0.1) is 0 Å². The number of carbonyl (C=O) groups excluding carboxylic acids is 1. The number of amides is 2. The molecule has 0 saturated carbocycles. The van der Waals surface area contributed by atoms with Gasteiger partial charge in [-0.2, -0.15) is 26.3 Å². The second kappa shape index (κ2) is 3.46. The largest absolute Gasteiger partial charge is 0.408 e. The zero-order valence-electron chi connectivity index (χ0n) is 7.04. The summed E-state index contributed by atoms with van der Waals surface area (Å²) in [6.45, 7) is 0. The Morgan fingerprint density at radius 2 is 1.27 bits per heavy atom. The van der Waals surface area contributed by atoms with Gasteiger partial charge in [0.2, 0.25) is 0 Å². The summed E-state index contributed by atoms with van der Waals surface area (Å²) in [6, 6.07) is -6.39. The Hall–Kier alpha value is -1.15. The molecule has 1 heterocycles. The van der Waals surface area contributed by atoms with Gasteiger partial charge in [-0.1, -0.05) is 0 Å². The Bertz CT molecular complexity index is 235. The normalized spacial score (nSPS) is 28.3. The summed E-state index contributed by atoms with van der Waals surface area (Å²) in [5, 5.41) is 2.77. The number of nitrogens with one attached hydrogen (secondary N) is 2. The molecule has 1 aliphatic heterocycles. The third kappa shape index (κ3) is 2.90. The van der Waals surface area contributed by atoms with Crippen LogP contribution in [0.3, 0.4) is 0 Å². The van der Waals surface area contributed by atoms with Gasteiger partial charge >= 0.3 is 18.4 Å². The summed E-state index contributed by atoms with van der Waals surface area (Å²) in [7, 11) is 0. The van der Waals surface area contributed by atoms with E-state index in [4.69, 9.17) is 0 Å². The van der Waals surface area contributed by atoms with Gasteiger partial charge in [0.25, 0.3) is 0 Å². The standard InChI is InChI=1S/C6H6F6N2O/c7-5(8,9)2-1-3(6(10,11)12)14-4(15)13-2/h2-3H,1H2,(H2,13,14,15). The highest BCUT2D eigenvalue weighted by Gasteiger charge is 2.51. The van der Waals surface area contributed by atoms with Crippen LogP contribution < -0.4 is 10.6 Å². The molecule has 0 aliphatic carbocycles. The van der Waals surface area contributed by atoms with E-state index in [1.807, 2.05) is 0 Å². The molecule has 88 valence electrons. The van der Waals surface area contributed by atoms with Crippen molar-refractivity contribution < 1.29 is 31.1 Å². The maximum absolute atomic E-state index is 12.1. The highest BCUT2D eigenvalue weighted by molar-refractivity contribution is 5.75. The van der Waals surface area contributed by atoms with E-state index in [-0.39, 0.29) is 0 Å². The molecule has 2 N–H and O–H groups in total. The molecule has 1 saturated heterocycles. The minimum atomic E-state index is -4.87. The average Bonchev–Trinajstić information content (AvgIpc) is 1.99. The number of hydrogen-bond acceptors (Lipinski definition) is 1. The lowest BCUT2D eigenvalue weighted by Crippen LogP contribution is -2.62. The summed E-state index contributed by atoms with van der Waals surface area (Å²) in [6.07, 6.45) is -11.0. The van der Waals surface area contributed by atoms with Crippen molar-refractivity contribution in [3.63, 3.8) is 0 Å². The predicted molar refractivity (Wildman–Crippen MR) is 36.0 cm³/mol. The van der Waals surface area contributed by atoms with Crippen molar-refractivity contribution in [3.8, 4) is 0 Å². The van der Waals surface area contributed by atoms with Crippen molar-refractivity contribution in [3.05, 3.63) is 0 Å². The maximum Gasteiger partial charge on any atom is 0.408 e. The molecule has 0 bridgehead atoms. The van der Waals surface area contributed by atoms with Crippen LogP contribution in [0.1, 0.15) is 6.42 Å². The van der Waals surface area contributed by atoms with Gasteiger partial charge in [0.15, 0.2) is 0 Å². The first kappa shape index (κ1) is 11.9. The minimum Gasteiger partial charge on any atom is -0.326 e. The fraction of sp³-hybridized carbons (Fsp3) is 0.833. The van der Waals surface area contributed by atoms with Crippen molar-refractivity contribution in [2.75, 3.05) is 0 Å². The number of halogens is 6. The van der Waals surface area contributed by atoms with Crippen LogP contribution in [0.25, 0.3) is 0 Å². The first-order valence-corrected chi connectivity index (χ1v) is 3.81. The molecule has 0 radical (unpaired) electrons. The molecule has 15 heavy (non-hydrogen) atoms. The molecule has 2 atom stereocenters. The number of alkyl halides is 6. The molecule has 0 aromatic carbocycles. The Kier molecular flexibility index (Phi) is 2.75. The zero-order valence-corrected chi connectivity index (χ0v) is 7.04. The van der Waals surface area contributed by atoms with E-state index in [0.29, 0.717) is 0 Å². The van der Waals surface area contributed by atoms with E-state index in [2.05, 4.69) is 0 Å². The Morgan fingerprint density at radius 1 is 0.933 bits per heavy atom. The van der Waals surface area contributed by atoms with Crippen LogP contribution in [0.15, 0.2) is 0 Å². The van der Waals surface area contributed by atoms with E-state index >= 15 is 0 Å². The Balaban J connectivity index is 2.77. The van der Waals surface area contributed by atoms with E-state index in [0.717, 1.165) is 0 Å². The first-order chi connectivity index (χ1) is 6.60. The topological polar surface area (TPSA) is 41.1 Å². The van der Waals surface area contributed by atoms with Gasteiger partial charge in [0, 0.05) is 6.42 Å². The van der Waals surface area contributed by atoms with Crippen LogP contribution in [0.5, 0.6) is 0 Å². The highest BCUT2D eigenvalue weighted by Crippen LogP contribution is 2.31.